The van der Waals surface area contributed by atoms with Gasteiger partial charge in [-0.3, -0.25) is 0 Å². The molecular formula is C30H31N3O. The summed E-state index contributed by atoms with van der Waals surface area (Å²) in [6.45, 7) is 8.56. The molecule has 4 rings (SSSR count). The van der Waals surface area contributed by atoms with Crippen molar-refractivity contribution in [2.75, 3.05) is 10.6 Å². The molecule has 0 saturated carbocycles. The average molecular weight is 450 g/mol. The smallest absolute Gasteiger partial charge is 0.307 e. The van der Waals surface area contributed by atoms with Gasteiger partial charge in [-0.25, -0.2) is 9.78 Å². The van der Waals surface area contributed by atoms with Crippen LogP contribution in [-0.4, -0.2) is 11.0 Å². The number of urea groups is 1. The van der Waals surface area contributed by atoms with Crippen molar-refractivity contribution >= 4 is 17.4 Å². The number of amides is 2. The number of para-hydroxylation sites is 1. The van der Waals surface area contributed by atoms with Gasteiger partial charge in [-0.2, -0.15) is 0 Å². The molecule has 0 radical (unpaired) electrons. The number of rotatable bonds is 6. The standard InChI is InChI=1S/C30H31N3O/c1-20(2)24-16-11-17-25(21(3)4)29(24)33-30(34)32-27-19-18-26(22-12-7-5-8-13-22)31-28(27)23-14-9-6-10-15-23/h5-21H,1-4H3,(H2,32,33,34). The minimum Gasteiger partial charge on any atom is -0.307 e. The number of hydrogen-bond donors (Lipinski definition) is 2. The Bertz CT molecular complexity index is 1240. The van der Waals surface area contributed by atoms with Gasteiger partial charge >= 0.3 is 6.03 Å². The van der Waals surface area contributed by atoms with Crippen molar-refractivity contribution in [1.82, 2.24) is 4.98 Å². The van der Waals surface area contributed by atoms with Crippen LogP contribution in [0.25, 0.3) is 22.5 Å². The molecule has 0 atom stereocenters. The summed E-state index contributed by atoms with van der Waals surface area (Å²) in [6, 6.07) is 29.8. The molecule has 0 fully saturated rings. The lowest BCUT2D eigenvalue weighted by molar-refractivity contribution is 0.262. The summed E-state index contributed by atoms with van der Waals surface area (Å²) in [5.74, 6) is 0.585. The van der Waals surface area contributed by atoms with Gasteiger partial charge in [0.05, 0.1) is 17.1 Å². The minimum atomic E-state index is -0.276. The Kier molecular flexibility index (Phi) is 7.07. The van der Waals surface area contributed by atoms with Crippen LogP contribution >= 0.6 is 0 Å². The third-order valence-corrected chi connectivity index (χ3v) is 5.87. The Morgan fingerprint density at radius 2 is 1.21 bits per heavy atom. The predicted molar refractivity (Wildman–Crippen MR) is 142 cm³/mol. The van der Waals surface area contributed by atoms with E-state index >= 15 is 0 Å². The summed E-state index contributed by atoms with van der Waals surface area (Å²) in [5.41, 5.74) is 7.38. The van der Waals surface area contributed by atoms with Gasteiger partial charge in [-0.1, -0.05) is 107 Å². The van der Waals surface area contributed by atoms with E-state index in [1.54, 1.807) is 0 Å². The molecule has 1 aromatic heterocycles. The van der Waals surface area contributed by atoms with Crippen LogP contribution < -0.4 is 10.6 Å². The first kappa shape index (κ1) is 23.2. The third-order valence-electron chi connectivity index (χ3n) is 5.87. The van der Waals surface area contributed by atoms with E-state index in [1.807, 2.05) is 72.8 Å². The fraction of sp³-hybridized carbons (Fsp3) is 0.200. The molecule has 0 saturated heterocycles. The highest BCUT2D eigenvalue weighted by Gasteiger charge is 2.17. The Balaban J connectivity index is 1.69. The fourth-order valence-corrected chi connectivity index (χ4v) is 4.11. The maximum absolute atomic E-state index is 13.2. The van der Waals surface area contributed by atoms with Crippen molar-refractivity contribution in [2.24, 2.45) is 0 Å². The molecule has 4 aromatic rings. The molecule has 4 heteroatoms. The first-order valence-electron chi connectivity index (χ1n) is 11.8. The van der Waals surface area contributed by atoms with Crippen molar-refractivity contribution in [3.63, 3.8) is 0 Å². The number of nitrogens with one attached hydrogen (secondary N) is 2. The van der Waals surface area contributed by atoms with E-state index in [0.717, 1.165) is 39.3 Å². The van der Waals surface area contributed by atoms with Crippen LogP contribution in [0.3, 0.4) is 0 Å². The van der Waals surface area contributed by atoms with Crippen LogP contribution in [0.1, 0.15) is 50.7 Å². The molecule has 4 nitrogen and oxygen atoms in total. The lowest BCUT2D eigenvalue weighted by atomic mass is 9.93. The molecule has 0 aliphatic rings. The van der Waals surface area contributed by atoms with Crippen LogP contribution in [0.4, 0.5) is 16.2 Å². The number of pyridine rings is 1. The Labute approximate surface area is 202 Å². The number of benzene rings is 3. The van der Waals surface area contributed by atoms with Gasteiger partial charge in [-0.05, 0) is 35.1 Å². The van der Waals surface area contributed by atoms with Crippen molar-refractivity contribution in [2.45, 2.75) is 39.5 Å². The van der Waals surface area contributed by atoms with Crippen LogP contribution in [0.2, 0.25) is 0 Å². The van der Waals surface area contributed by atoms with Crippen LogP contribution in [0.15, 0.2) is 91.0 Å². The average Bonchev–Trinajstić information content (AvgIpc) is 2.85. The zero-order chi connectivity index (χ0) is 24.1. The monoisotopic (exact) mass is 449 g/mol. The second-order valence-electron chi connectivity index (χ2n) is 9.02. The van der Waals surface area contributed by atoms with Crippen molar-refractivity contribution < 1.29 is 4.79 Å². The summed E-state index contributed by atoms with van der Waals surface area (Å²) in [6.07, 6.45) is 0. The van der Waals surface area contributed by atoms with Gasteiger partial charge in [0.25, 0.3) is 0 Å². The van der Waals surface area contributed by atoms with Gasteiger partial charge in [0.1, 0.15) is 0 Å². The second-order valence-corrected chi connectivity index (χ2v) is 9.02. The van der Waals surface area contributed by atoms with E-state index in [9.17, 15) is 4.79 Å². The number of nitrogens with zero attached hydrogens (tertiary/aromatic N) is 1. The van der Waals surface area contributed by atoms with E-state index < -0.39 is 0 Å². The summed E-state index contributed by atoms with van der Waals surface area (Å²) in [5, 5.41) is 6.19. The molecule has 2 amide bonds. The molecule has 0 aliphatic carbocycles. The zero-order valence-electron chi connectivity index (χ0n) is 20.2. The SMILES string of the molecule is CC(C)c1cccc(C(C)C)c1NC(=O)Nc1ccc(-c2ccccc2)nc1-c1ccccc1. The van der Waals surface area contributed by atoms with E-state index in [-0.39, 0.29) is 6.03 Å². The lowest BCUT2D eigenvalue weighted by Gasteiger charge is -2.21. The number of aromatic nitrogens is 1. The quantitative estimate of drug-likeness (QED) is 0.311. The third kappa shape index (κ3) is 5.18. The van der Waals surface area contributed by atoms with Gasteiger partial charge in [0.2, 0.25) is 0 Å². The Morgan fingerprint density at radius 1 is 0.647 bits per heavy atom. The molecule has 0 spiro atoms. The van der Waals surface area contributed by atoms with Crippen molar-refractivity contribution in [1.29, 1.82) is 0 Å². The van der Waals surface area contributed by atoms with Gasteiger partial charge in [-0.15, -0.1) is 0 Å². The number of carbonyl (C=O) groups is 1. The highest BCUT2D eigenvalue weighted by atomic mass is 16.2. The van der Waals surface area contributed by atoms with Crippen molar-refractivity contribution in [3.8, 4) is 22.5 Å². The summed E-state index contributed by atoms with van der Waals surface area (Å²) in [7, 11) is 0. The first-order valence-corrected chi connectivity index (χ1v) is 11.8. The molecule has 3 aromatic carbocycles. The number of anilines is 2. The molecular weight excluding hydrogens is 418 g/mol. The molecule has 0 aliphatic heterocycles. The predicted octanol–water partition coefficient (Wildman–Crippen LogP) is 8.31. The molecule has 0 bridgehead atoms. The Hall–Kier alpha value is -3.92. The second kappa shape index (κ2) is 10.3. The van der Waals surface area contributed by atoms with Crippen molar-refractivity contribution in [3.05, 3.63) is 102 Å². The zero-order valence-corrected chi connectivity index (χ0v) is 20.2. The largest absolute Gasteiger partial charge is 0.323 e. The topological polar surface area (TPSA) is 54.0 Å². The molecule has 2 N–H and O–H groups in total. The summed E-state index contributed by atoms with van der Waals surface area (Å²) < 4.78 is 0. The lowest BCUT2D eigenvalue weighted by Crippen LogP contribution is -2.22. The van der Waals surface area contributed by atoms with E-state index in [1.165, 1.54) is 0 Å². The number of hydrogen-bond acceptors (Lipinski definition) is 2. The Morgan fingerprint density at radius 3 is 1.76 bits per heavy atom. The highest BCUT2D eigenvalue weighted by Crippen LogP contribution is 2.33. The minimum absolute atomic E-state index is 0.276. The fourth-order valence-electron chi connectivity index (χ4n) is 4.11. The van der Waals surface area contributed by atoms with Crippen LogP contribution in [0, 0.1) is 0 Å². The molecule has 0 unspecified atom stereocenters. The maximum atomic E-state index is 13.2. The van der Waals surface area contributed by atoms with E-state index in [2.05, 4.69) is 56.5 Å². The summed E-state index contributed by atoms with van der Waals surface area (Å²) in [4.78, 5) is 18.1. The molecule has 34 heavy (non-hydrogen) atoms. The molecule has 172 valence electrons. The maximum Gasteiger partial charge on any atom is 0.323 e. The van der Waals surface area contributed by atoms with Crippen LogP contribution in [0.5, 0.6) is 0 Å². The first-order chi connectivity index (χ1) is 16.4. The highest BCUT2D eigenvalue weighted by molar-refractivity contribution is 6.03. The van der Waals surface area contributed by atoms with Gasteiger partial charge in [0.15, 0.2) is 0 Å². The number of carbonyl (C=O) groups excluding carboxylic acids is 1. The summed E-state index contributed by atoms with van der Waals surface area (Å²) >= 11 is 0. The van der Waals surface area contributed by atoms with Crippen LogP contribution in [-0.2, 0) is 0 Å². The van der Waals surface area contributed by atoms with Gasteiger partial charge < -0.3 is 10.6 Å². The van der Waals surface area contributed by atoms with E-state index in [4.69, 9.17) is 4.98 Å². The molecule has 1 heterocycles. The van der Waals surface area contributed by atoms with Gasteiger partial charge in [0, 0.05) is 16.8 Å². The van der Waals surface area contributed by atoms with E-state index in [0.29, 0.717) is 17.5 Å². The normalized spacial score (nSPS) is 11.0.